The molecule has 0 fully saturated rings. The Morgan fingerprint density at radius 1 is 1.06 bits per heavy atom. The first-order valence-corrected chi connectivity index (χ1v) is 11.2. The van der Waals surface area contributed by atoms with Gasteiger partial charge in [-0.3, -0.25) is 4.72 Å². The number of ether oxygens (including phenoxy) is 1. The maximum Gasteiger partial charge on any atom is 0.229 e. The number of rotatable bonds is 6. The molecule has 4 aromatic rings. The van der Waals surface area contributed by atoms with Crippen LogP contribution in [0.4, 0.5) is 17.1 Å². The quantitative estimate of drug-likeness (QED) is 0.466. The van der Waals surface area contributed by atoms with Gasteiger partial charge >= 0.3 is 0 Å². The van der Waals surface area contributed by atoms with E-state index in [1.807, 2.05) is 54.6 Å². The van der Waals surface area contributed by atoms with Gasteiger partial charge < -0.3 is 10.1 Å². The van der Waals surface area contributed by atoms with E-state index in [9.17, 15) is 13.7 Å². The smallest absolute Gasteiger partial charge is 0.229 e. The second kappa shape index (κ2) is 8.01. The maximum atomic E-state index is 11.7. The first-order valence-electron chi connectivity index (χ1n) is 9.33. The number of sulfonamides is 1. The van der Waals surface area contributed by atoms with E-state index < -0.39 is 10.0 Å². The van der Waals surface area contributed by atoms with Crippen molar-refractivity contribution in [1.82, 2.24) is 9.61 Å². The van der Waals surface area contributed by atoms with Crippen LogP contribution in [0.15, 0.2) is 67.0 Å². The van der Waals surface area contributed by atoms with Crippen LogP contribution in [0.3, 0.4) is 0 Å². The summed E-state index contributed by atoms with van der Waals surface area (Å²) >= 11 is 0. The molecule has 0 amide bonds. The lowest BCUT2D eigenvalue weighted by Gasteiger charge is -2.12. The first-order chi connectivity index (χ1) is 14.8. The summed E-state index contributed by atoms with van der Waals surface area (Å²) < 4.78 is 33.2. The molecular weight excluding hydrogens is 414 g/mol. The normalized spacial score (nSPS) is 11.1. The zero-order valence-corrected chi connectivity index (χ0v) is 17.6. The zero-order chi connectivity index (χ0) is 22.0. The van der Waals surface area contributed by atoms with Crippen LogP contribution in [-0.2, 0) is 10.0 Å². The Morgan fingerprint density at radius 2 is 1.74 bits per heavy atom. The van der Waals surface area contributed by atoms with Crippen molar-refractivity contribution in [2.45, 2.75) is 6.92 Å². The summed E-state index contributed by atoms with van der Waals surface area (Å²) in [6.45, 7) is 1.77. The van der Waals surface area contributed by atoms with E-state index in [0.29, 0.717) is 33.8 Å². The van der Waals surface area contributed by atoms with Gasteiger partial charge in [0, 0.05) is 11.3 Å². The average Bonchev–Trinajstić information content (AvgIpc) is 3.04. The highest BCUT2D eigenvalue weighted by molar-refractivity contribution is 7.92. The molecule has 31 heavy (non-hydrogen) atoms. The van der Waals surface area contributed by atoms with Crippen molar-refractivity contribution in [2.24, 2.45) is 0 Å². The molecule has 0 aliphatic rings. The van der Waals surface area contributed by atoms with Crippen molar-refractivity contribution in [3.63, 3.8) is 0 Å². The van der Waals surface area contributed by atoms with Crippen molar-refractivity contribution >= 4 is 32.6 Å². The number of anilines is 3. The monoisotopic (exact) mass is 433 g/mol. The number of nitrogens with zero attached hydrogens (tertiary/aromatic N) is 3. The van der Waals surface area contributed by atoms with Crippen molar-refractivity contribution < 1.29 is 13.2 Å². The van der Waals surface area contributed by atoms with Crippen LogP contribution in [-0.4, -0.2) is 24.3 Å². The molecule has 0 bridgehead atoms. The van der Waals surface area contributed by atoms with E-state index in [2.05, 4.69) is 21.2 Å². The molecule has 2 N–H and O–H groups in total. The third kappa shape index (κ3) is 4.44. The summed E-state index contributed by atoms with van der Waals surface area (Å²) in [6.07, 6.45) is 4.10. The fourth-order valence-electron chi connectivity index (χ4n) is 3.18. The van der Waals surface area contributed by atoms with E-state index in [1.165, 1.54) is 6.20 Å². The minimum absolute atomic E-state index is 0.337. The largest absolute Gasteiger partial charge is 0.457 e. The van der Waals surface area contributed by atoms with Crippen LogP contribution >= 0.6 is 0 Å². The van der Waals surface area contributed by atoms with Gasteiger partial charge in [0.25, 0.3) is 0 Å². The molecule has 0 unspecified atom stereocenters. The molecule has 4 rings (SSSR count). The molecular formula is C22H19N5O3S. The Kier molecular flexibility index (Phi) is 5.23. The number of benzene rings is 2. The fraction of sp³-hybridized carbons (Fsp3) is 0.0909. The molecule has 0 spiro atoms. The molecule has 2 aromatic carbocycles. The van der Waals surface area contributed by atoms with Crippen molar-refractivity contribution in [3.05, 3.63) is 78.1 Å². The van der Waals surface area contributed by atoms with E-state index in [4.69, 9.17) is 4.74 Å². The van der Waals surface area contributed by atoms with Gasteiger partial charge in [0.2, 0.25) is 10.0 Å². The number of hydrogen-bond acceptors (Lipinski definition) is 6. The van der Waals surface area contributed by atoms with Crippen LogP contribution < -0.4 is 14.8 Å². The van der Waals surface area contributed by atoms with Crippen molar-refractivity contribution in [1.29, 1.82) is 5.26 Å². The number of nitriles is 1. The van der Waals surface area contributed by atoms with Gasteiger partial charge in [-0.05, 0) is 43.3 Å². The third-order valence-corrected chi connectivity index (χ3v) is 5.17. The second-order valence-electron chi connectivity index (χ2n) is 6.94. The maximum absolute atomic E-state index is 11.7. The molecule has 0 saturated carbocycles. The molecule has 0 saturated heterocycles. The lowest BCUT2D eigenvalue weighted by Crippen LogP contribution is -2.09. The molecule has 0 aliphatic heterocycles. The SMILES string of the molecule is Cc1c(NS(C)(=O)=O)cn2ncc(C#N)c(Nc3ccc(Oc4ccccc4)cc3)c12. The number of hydrogen-bond donors (Lipinski definition) is 2. The predicted molar refractivity (Wildman–Crippen MR) is 119 cm³/mol. The predicted octanol–water partition coefficient (Wildman–Crippen LogP) is 4.42. The molecule has 156 valence electrons. The lowest BCUT2D eigenvalue weighted by molar-refractivity contribution is 0.483. The number of para-hydroxylation sites is 1. The Labute approximate surface area is 179 Å². The summed E-state index contributed by atoms with van der Waals surface area (Å²) in [4.78, 5) is 0. The Balaban J connectivity index is 1.68. The van der Waals surface area contributed by atoms with Gasteiger partial charge in [-0.15, -0.1) is 0 Å². The molecule has 0 atom stereocenters. The summed E-state index contributed by atoms with van der Waals surface area (Å²) in [6, 6.07) is 18.9. The lowest BCUT2D eigenvalue weighted by atomic mass is 10.1. The van der Waals surface area contributed by atoms with Gasteiger partial charge in [0.1, 0.15) is 17.6 Å². The van der Waals surface area contributed by atoms with E-state index >= 15 is 0 Å². The molecule has 2 aromatic heterocycles. The number of aryl methyl sites for hydroxylation is 1. The number of fused-ring (bicyclic) bond motifs is 1. The van der Waals surface area contributed by atoms with Gasteiger partial charge in [-0.2, -0.15) is 10.4 Å². The van der Waals surface area contributed by atoms with Gasteiger partial charge in [-0.1, -0.05) is 18.2 Å². The topological polar surface area (TPSA) is 109 Å². The van der Waals surface area contributed by atoms with Crippen LogP contribution in [0.5, 0.6) is 11.5 Å². The average molecular weight is 433 g/mol. The summed E-state index contributed by atoms with van der Waals surface area (Å²) in [5, 5.41) is 17.1. The fourth-order valence-corrected chi connectivity index (χ4v) is 3.78. The highest BCUT2D eigenvalue weighted by atomic mass is 32.2. The Bertz CT molecular complexity index is 1390. The van der Waals surface area contributed by atoms with E-state index in [-0.39, 0.29) is 0 Å². The van der Waals surface area contributed by atoms with E-state index in [1.54, 1.807) is 17.6 Å². The number of nitrogens with one attached hydrogen (secondary N) is 2. The first kappa shape index (κ1) is 20.3. The Hall–Kier alpha value is -4.03. The van der Waals surface area contributed by atoms with Crippen LogP contribution in [0, 0.1) is 18.3 Å². The van der Waals surface area contributed by atoms with E-state index in [0.717, 1.165) is 17.7 Å². The summed E-state index contributed by atoms with van der Waals surface area (Å²) in [5.41, 5.74) is 3.27. The summed E-state index contributed by atoms with van der Waals surface area (Å²) in [5.74, 6) is 1.41. The van der Waals surface area contributed by atoms with Gasteiger partial charge in [-0.25, -0.2) is 12.9 Å². The minimum Gasteiger partial charge on any atom is -0.457 e. The Morgan fingerprint density at radius 3 is 2.39 bits per heavy atom. The standard InChI is InChI=1S/C22H19N5O3S/c1-15-20(26-31(2,28)29)14-27-22(15)21(16(12-23)13-24-27)25-17-8-10-19(11-9-17)30-18-6-4-3-5-7-18/h3-11,13-14,25-26H,1-2H3. The minimum atomic E-state index is -3.46. The second-order valence-corrected chi connectivity index (χ2v) is 8.69. The van der Waals surface area contributed by atoms with Gasteiger partial charge in [0.05, 0.1) is 41.1 Å². The third-order valence-electron chi connectivity index (χ3n) is 4.58. The molecule has 0 aliphatic carbocycles. The van der Waals surface area contributed by atoms with Crippen LogP contribution in [0.1, 0.15) is 11.1 Å². The molecule has 2 heterocycles. The van der Waals surface area contributed by atoms with Crippen LogP contribution in [0.25, 0.3) is 5.52 Å². The molecule has 0 radical (unpaired) electrons. The summed E-state index contributed by atoms with van der Waals surface area (Å²) in [7, 11) is -3.46. The highest BCUT2D eigenvalue weighted by Crippen LogP contribution is 2.33. The van der Waals surface area contributed by atoms with Crippen molar-refractivity contribution in [3.8, 4) is 17.6 Å². The van der Waals surface area contributed by atoms with Crippen molar-refractivity contribution in [2.75, 3.05) is 16.3 Å². The van der Waals surface area contributed by atoms with Gasteiger partial charge in [0.15, 0.2) is 0 Å². The highest BCUT2D eigenvalue weighted by Gasteiger charge is 2.17. The zero-order valence-electron chi connectivity index (χ0n) is 16.8. The molecule has 8 nitrogen and oxygen atoms in total. The molecule has 9 heteroatoms. The van der Waals surface area contributed by atoms with Crippen LogP contribution in [0.2, 0.25) is 0 Å². The number of aromatic nitrogens is 2.